The first kappa shape index (κ1) is 22.8. The van der Waals surface area contributed by atoms with Gasteiger partial charge in [0.05, 0.1) is 17.4 Å². The molecule has 0 amide bonds. The van der Waals surface area contributed by atoms with Gasteiger partial charge in [0.1, 0.15) is 0 Å². The molecule has 1 aromatic heterocycles. The van der Waals surface area contributed by atoms with Crippen molar-refractivity contribution in [3.05, 3.63) is 66.0 Å². The fraction of sp³-hybridized carbons (Fsp3) is 0.417. The SMILES string of the molecule is CN=C(NCCN(C)CCCOC)NCc1ccc(Cn2cnc3ccccc32)cc1. The second kappa shape index (κ2) is 12.1. The van der Waals surface area contributed by atoms with Gasteiger partial charge in [-0.15, -0.1) is 0 Å². The number of fused-ring (bicyclic) bond motifs is 1. The minimum atomic E-state index is 0.734. The molecule has 0 saturated carbocycles. The smallest absolute Gasteiger partial charge is 0.191 e. The van der Waals surface area contributed by atoms with E-state index < -0.39 is 0 Å². The first-order valence-corrected chi connectivity index (χ1v) is 10.8. The minimum absolute atomic E-state index is 0.734. The lowest BCUT2D eigenvalue weighted by Crippen LogP contribution is -2.40. The molecule has 0 saturated heterocycles. The molecule has 2 aromatic carbocycles. The number of guanidine groups is 1. The van der Waals surface area contributed by atoms with E-state index in [1.54, 1.807) is 14.2 Å². The summed E-state index contributed by atoms with van der Waals surface area (Å²) in [6.07, 6.45) is 2.96. The van der Waals surface area contributed by atoms with Gasteiger partial charge in [-0.05, 0) is 36.7 Å². The van der Waals surface area contributed by atoms with E-state index in [0.29, 0.717) is 0 Å². The summed E-state index contributed by atoms with van der Waals surface area (Å²) in [5.41, 5.74) is 4.67. The highest BCUT2D eigenvalue weighted by molar-refractivity contribution is 5.79. The van der Waals surface area contributed by atoms with Crippen LogP contribution in [0.1, 0.15) is 17.5 Å². The van der Waals surface area contributed by atoms with Gasteiger partial charge in [0, 0.05) is 53.5 Å². The average Bonchev–Trinajstić information content (AvgIpc) is 3.20. The van der Waals surface area contributed by atoms with Crippen molar-refractivity contribution in [2.24, 2.45) is 4.99 Å². The number of likely N-dealkylation sites (N-methyl/N-ethyl adjacent to an activating group) is 1. The number of ether oxygens (including phenoxy) is 1. The van der Waals surface area contributed by atoms with Crippen molar-refractivity contribution in [1.29, 1.82) is 0 Å². The lowest BCUT2D eigenvalue weighted by molar-refractivity contribution is 0.180. The molecular weight excluding hydrogens is 388 g/mol. The standard InChI is InChI=1S/C24H34N6O/c1-25-24(26-13-15-29(2)14-6-16-31-3)27-17-20-9-11-21(12-10-20)18-30-19-28-22-7-4-5-8-23(22)30/h4-5,7-12,19H,6,13-18H2,1-3H3,(H2,25,26,27). The van der Waals surface area contributed by atoms with Gasteiger partial charge in [-0.3, -0.25) is 4.99 Å². The Morgan fingerprint density at radius 1 is 1.06 bits per heavy atom. The van der Waals surface area contributed by atoms with Gasteiger partial charge in [0.25, 0.3) is 0 Å². The summed E-state index contributed by atoms with van der Waals surface area (Å²) in [4.78, 5) is 11.1. The second-order valence-corrected chi connectivity index (χ2v) is 7.68. The number of imidazole rings is 1. The van der Waals surface area contributed by atoms with E-state index >= 15 is 0 Å². The van der Waals surface area contributed by atoms with Crippen LogP contribution in [-0.4, -0.2) is 67.9 Å². The Morgan fingerprint density at radius 3 is 2.61 bits per heavy atom. The summed E-state index contributed by atoms with van der Waals surface area (Å²) in [5, 5.41) is 6.76. The zero-order valence-corrected chi connectivity index (χ0v) is 18.8. The molecule has 7 heteroatoms. The zero-order chi connectivity index (χ0) is 21.9. The number of methoxy groups -OCH3 is 1. The van der Waals surface area contributed by atoms with Crippen molar-refractivity contribution in [3.63, 3.8) is 0 Å². The highest BCUT2D eigenvalue weighted by Crippen LogP contribution is 2.14. The molecular formula is C24H34N6O. The van der Waals surface area contributed by atoms with Crippen molar-refractivity contribution in [1.82, 2.24) is 25.1 Å². The summed E-state index contributed by atoms with van der Waals surface area (Å²) in [7, 11) is 5.67. The topological polar surface area (TPSA) is 66.7 Å². The minimum Gasteiger partial charge on any atom is -0.385 e. The normalized spacial score (nSPS) is 11.9. The third-order valence-electron chi connectivity index (χ3n) is 5.26. The summed E-state index contributed by atoms with van der Waals surface area (Å²) in [5.74, 6) is 0.819. The van der Waals surface area contributed by atoms with Gasteiger partial charge in [-0.1, -0.05) is 36.4 Å². The van der Waals surface area contributed by atoms with Crippen LogP contribution in [-0.2, 0) is 17.8 Å². The van der Waals surface area contributed by atoms with Crippen LogP contribution in [0.5, 0.6) is 0 Å². The summed E-state index contributed by atoms with van der Waals surface area (Å²) < 4.78 is 7.28. The fourth-order valence-electron chi connectivity index (χ4n) is 3.46. The van der Waals surface area contributed by atoms with E-state index in [-0.39, 0.29) is 0 Å². The molecule has 3 rings (SSSR count). The van der Waals surface area contributed by atoms with Crippen LogP contribution in [0, 0.1) is 0 Å². The summed E-state index contributed by atoms with van der Waals surface area (Å²) >= 11 is 0. The fourth-order valence-corrected chi connectivity index (χ4v) is 3.46. The van der Waals surface area contributed by atoms with Gasteiger partial charge < -0.3 is 24.8 Å². The molecule has 0 spiro atoms. The Labute approximate surface area is 185 Å². The maximum absolute atomic E-state index is 5.10. The number of aromatic nitrogens is 2. The van der Waals surface area contributed by atoms with Crippen molar-refractivity contribution in [2.45, 2.75) is 19.5 Å². The largest absolute Gasteiger partial charge is 0.385 e. The number of aliphatic imine (C=N–C) groups is 1. The molecule has 0 fully saturated rings. The molecule has 1 heterocycles. The molecule has 0 aliphatic heterocycles. The summed E-state index contributed by atoms with van der Waals surface area (Å²) in [6, 6.07) is 16.9. The first-order chi connectivity index (χ1) is 15.2. The first-order valence-electron chi connectivity index (χ1n) is 10.8. The number of benzene rings is 2. The van der Waals surface area contributed by atoms with Crippen LogP contribution in [0.25, 0.3) is 11.0 Å². The molecule has 166 valence electrons. The van der Waals surface area contributed by atoms with E-state index in [1.165, 1.54) is 11.1 Å². The molecule has 0 bridgehead atoms. The number of para-hydroxylation sites is 2. The lowest BCUT2D eigenvalue weighted by Gasteiger charge is -2.18. The highest BCUT2D eigenvalue weighted by Gasteiger charge is 2.04. The maximum Gasteiger partial charge on any atom is 0.191 e. The predicted molar refractivity (Wildman–Crippen MR) is 127 cm³/mol. The Balaban J connectivity index is 1.42. The Bertz CT molecular complexity index is 950. The van der Waals surface area contributed by atoms with E-state index in [1.807, 2.05) is 18.5 Å². The van der Waals surface area contributed by atoms with Gasteiger partial charge >= 0.3 is 0 Å². The molecule has 3 aromatic rings. The Kier molecular flexibility index (Phi) is 8.87. The monoisotopic (exact) mass is 422 g/mol. The van der Waals surface area contributed by atoms with Crippen LogP contribution in [0.4, 0.5) is 0 Å². The number of rotatable bonds is 11. The highest BCUT2D eigenvalue weighted by atomic mass is 16.5. The van der Waals surface area contributed by atoms with E-state index in [2.05, 4.69) is 73.5 Å². The van der Waals surface area contributed by atoms with E-state index in [4.69, 9.17) is 4.74 Å². The van der Waals surface area contributed by atoms with Crippen LogP contribution >= 0.6 is 0 Å². The molecule has 0 radical (unpaired) electrons. The van der Waals surface area contributed by atoms with Crippen LogP contribution < -0.4 is 10.6 Å². The molecule has 0 aliphatic rings. The molecule has 31 heavy (non-hydrogen) atoms. The van der Waals surface area contributed by atoms with Crippen LogP contribution in [0.2, 0.25) is 0 Å². The number of nitrogens with one attached hydrogen (secondary N) is 2. The van der Waals surface area contributed by atoms with Crippen LogP contribution in [0.3, 0.4) is 0 Å². The van der Waals surface area contributed by atoms with Crippen molar-refractivity contribution in [3.8, 4) is 0 Å². The van der Waals surface area contributed by atoms with Crippen molar-refractivity contribution < 1.29 is 4.74 Å². The van der Waals surface area contributed by atoms with Gasteiger partial charge in [-0.25, -0.2) is 4.98 Å². The van der Waals surface area contributed by atoms with Gasteiger partial charge in [-0.2, -0.15) is 0 Å². The van der Waals surface area contributed by atoms with Gasteiger partial charge in [0.2, 0.25) is 0 Å². The van der Waals surface area contributed by atoms with E-state index in [9.17, 15) is 0 Å². The zero-order valence-electron chi connectivity index (χ0n) is 18.8. The Morgan fingerprint density at radius 2 is 1.84 bits per heavy atom. The second-order valence-electron chi connectivity index (χ2n) is 7.68. The van der Waals surface area contributed by atoms with Crippen molar-refractivity contribution in [2.75, 3.05) is 47.4 Å². The molecule has 7 nitrogen and oxygen atoms in total. The lowest BCUT2D eigenvalue weighted by atomic mass is 10.1. The molecule has 0 unspecified atom stereocenters. The Hall–Kier alpha value is -2.90. The van der Waals surface area contributed by atoms with Gasteiger partial charge in [0.15, 0.2) is 5.96 Å². The van der Waals surface area contributed by atoms with Crippen molar-refractivity contribution >= 4 is 17.0 Å². The predicted octanol–water partition coefficient (Wildman–Crippen LogP) is 2.72. The number of nitrogens with zero attached hydrogens (tertiary/aromatic N) is 4. The number of hydrogen-bond acceptors (Lipinski definition) is 4. The molecule has 2 N–H and O–H groups in total. The van der Waals surface area contributed by atoms with E-state index in [0.717, 1.165) is 62.7 Å². The third kappa shape index (κ3) is 7.08. The third-order valence-corrected chi connectivity index (χ3v) is 5.26. The number of hydrogen-bond donors (Lipinski definition) is 2. The quantitative estimate of drug-likeness (QED) is 0.283. The van der Waals surface area contributed by atoms with Crippen LogP contribution in [0.15, 0.2) is 59.9 Å². The molecule has 0 aliphatic carbocycles. The average molecular weight is 423 g/mol. The maximum atomic E-state index is 5.10. The summed E-state index contributed by atoms with van der Waals surface area (Å²) in [6.45, 7) is 5.19. The molecule has 0 atom stereocenters.